The van der Waals surface area contributed by atoms with Crippen molar-refractivity contribution in [2.75, 3.05) is 12.0 Å². The zero-order chi connectivity index (χ0) is 23.0. The third kappa shape index (κ3) is 4.16. The molecule has 0 aliphatic carbocycles. The molecule has 1 unspecified atom stereocenters. The van der Waals surface area contributed by atoms with Gasteiger partial charge in [-0.15, -0.1) is 0 Å². The number of fused-ring (bicyclic) bond motifs is 1. The lowest BCUT2D eigenvalue weighted by Gasteiger charge is -2.23. The van der Waals surface area contributed by atoms with Crippen molar-refractivity contribution in [3.63, 3.8) is 0 Å². The van der Waals surface area contributed by atoms with Crippen molar-refractivity contribution in [1.82, 2.24) is 0 Å². The van der Waals surface area contributed by atoms with Crippen molar-refractivity contribution in [2.45, 2.75) is 18.6 Å². The molecule has 0 radical (unpaired) electrons. The molecule has 32 heavy (non-hydrogen) atoms. The Hall–Kier alpha value is -2.38. The smallest absolute Gasteiger partial charge is 0.264 e. The Bertz CT molecular complexity index is 1220. The van der Waals surface area contributed by atoms with Crippen molar-refractivity contribution in [2.24, 2.45) is 0 Å². The van der Waals surface area contributed by atoms with Crippen molar-refractivity contribution in [3.05, 3.63) is 91.9 Å². The number of benzene rings is 3. The molecule has 8 heteroatoms. The molecule has 1 atom stereocenters. The highest BCUT2D eigenvalue weighted by Crippen LogP contribution is 2.45. The minimum Gasteiger partial charge on any atom is -0.497 e. The lowest BCUT2D eigenvalue weighted by Crippen LogP contribution is -2.41. The summed E-state index contributed by atoms with van der Waals surface area (Å²) in [5.74, 6) is -0.336. The zero-order valence-electron chi connectivity index (χ0n) is 16.9. The Morgan fingerprint density at radius 3 is 2.47 bits per heavy atom. The molecule has 0 aromatic heterocycles. The van der Waals surface area contributed by atoms with Crippen LogP contribution >= 0.6 is 39.1 Å². The van der Waals surface area contributed by atoms with Crippen LogP contribution in [0.15, 0.2) is 65.1 Å². The maximum absolute atomic E-state index is 13.5. The van der Waals surface area contributed by atoms with Crippen LogP contribution in [-0.2, 0) is 16.9 Å². The quantitative estimate of drug-likeness (QED) is 0.407. The Labute approximate surface area is 203 Å². The molecule has 3 aromatic rings. The fraction of sp³-hybridized carbons (Fsp3) is 0.167. The van der Waals surface area contributed by atoms with Crippen LogP contribution in [0.3, 0.4) is 0 Å². The van der Waals surface area contributed by atoms with Crippen LogP contribution in [0, 0.1) is 0 Å². The van der Waals surface area contributed by atoms with Gasteiger partial charge in [0.25, 0.3) is 5.91 Å². The number of ketones is 1. The monoisotopic (exact) mass is 533 g/mol. The van der Waals surface area contributed by atoms with Crippen molar-refractivity contribution in [3.8, 4) is 5.75 Å². The number of aliphatic hydroxyl groups is 1. The van der Waals surface area contributed by atoms with Crippen LogP contribution in [0.1, 0.15) is 27.9 Å². The molecule has 0 spiro atoms. The number of halogens is 3. The summed E-state index contributed by atoms with van der Waals surface area (Å²) in [5.41, 5.74) is -0.0699. The molecule has 1 aliphatic heterocycles. The Kier molecular flexibility index (Phi) is 6.32. The molecule has 0 bridgehead atoms. The van der Waals surface area contributed by atoms with Gasteiger partial charge in [-0.1, -0.05) is 45.2 Å². The lowest BCUT2D eigenvalue weighted by molar-refractivity contribution is -0.136. The van der Waals surface area contributed by atoms with Gasteiger partial charge in [0.15, 0.2) is 11.4 Å². The van der Waals surface area contributed by atoms with Gasteiger partial charge in [0, 0.05) is 25.6 Å². The van der Waals surface area contributed by atoms with Crippen molar-refractivity contribution >= 4 is 56.5 Å². The van der Waals surface area contributed by atoms with Crippen LogP contribution in [0.5, 0.6) is 5.75 Å². The number of amides is 1. The normalized spacial score (nSPS) is 17.4. The third-order valence-corrected chi connectivity index (χ3v) is 6.55. The van der Waals surface area contributed by atoms with Crippen LogP contribution in [0.25, 0.3) is 0 Å². The number of anilines is 1. The Balaban J connectivity index is 1.69. The molecule has 164 valence electrons. The van der Waals surface area contributed by atoms with E-state index < -0.39 is 17.9 Å². The van der Waals surface area contributed by atoms with Gasteiger partial charge in [-0.3, -0.25) is 9.59 Å². The lowest BCUT2D eigenvalue weighted by atomic mass is 9.88. The largest absolute Gasteiger partial charge is 0.497 e. The number of methoxy groups -OCH3 is 1. The van der Waals surface area contributed by atoms with Gasteiger partial charge in [-0.2, -0.15) is 0 Å². The number of Topliss-reactive ketones (excluding diaryl/α,β-unsaturated/α-hetero) is 1. The highest BCUT2D eigenvalue weighted by Gasteiger charge is 2.51. The van der Waals surface area contributed by atoms with E-state index in [0.717, 1.165) is 0 Å². The molecular formula is C24H18BrCl2NO4. The SMILES string of the molecule is COc1ccc(C(=O)CC2(O)C(=O)N(Cc3ccc(Cl)cc3Cl)c3ccc(Br)cc32)cc1. The summed E-state index contributed by atoms with van der Waals surface area (Å²) < 4.78 is 5.81. The first kappa shape index (κ1) is 22.8. The summed E-state index contributed by atoms with van der Waals surface area (Å²) >= 11 is 15.7. The van der Waals surface area contributed by atoms with Gasteiger partial charge >= 0.3 is 0 Å². The average Bonchev–Trinajstić information content (AvgIpc) is 2.97. The van der Waals surface area contributed by atoms with Crippen LogP contribution in [0.2, 0.25) is 10.0 Å². The van der Waals surface area contributed by atoms with Crippen molar-refractivity contribution in [1.29, 1.82) is 0 Å². The maximum atomic E-state index is 13.5. The number of carbonyl (C=O) groups excluding carboxylic acids is 2. The first-order valence-electron chi connectivity index (χ1n) is 9.68. The van der Waals surface area contributed by atoms with Gasteiger partial charge in [0.05, 0.1) is 25.8 Å². The van der Waals surface area contributed by atoms with Gasteiger partial charge in [-0.25, -0.2) is 0 Å². The number of ether oxygens (including phenoxy) is 1. The van der Waals surface area contributed by atoms with E-state index >= 15 is 0 Å². The molecule has 0 saturated carbocycles. The Morgan fingerprint density at radius 1 is 1.09 bits per heavy atom. The van der Waals surface area contributed by atoms with E-state index in [-0.39, 0.29) is 12.3 Å². The summed E-state index contributed by atoms with van der Waals surface area (Å²) in [6.07, 6.45) is -0.396. The molecule has 3 aromatic carbocycles. The van der Waals surface area contributed by atoms with Crippen molar-refractivity contribution < 1.29 is 19.4 Å². The number of hydrogen-bond acceptors (Lipinski definition) is 4. The highest BCUT2D eigenvalue weighted by atomic mass is 79.9. The average molecular weight is 535 g/mol. The maximum Gasteiger partial charge on any atom is 0.264 e. The fourth-order valence-electron chi connectivity index (χ4n) is 3.78. The van der Waals surface area contributed by atoms with E-state index in [1.54, 1.807) is 60.7 Å². The number of nitrogens with zero attached hydrogens (tertiary/aromatic N) is 1. The predicted octanol–water partition coefficient (Wildman–Crippen LogP) is 5.77. The molecule has 1 N–H and O–H groups in total. The summed E-state index contributed by atoms with van der Waals surface area (Å²) in [5, 5.41) is 12.4. The fourth-order valence-corrected chi connectivity index (χ4v) is 4.61. The second-order valence-corrected chi connectivity index (χ2v) is 9.24. The van der Waals surface area contributed by atoms with Gasteiger partial charge in [-0.05, 0) is 60.2 Å². The summed E-state index contributed by atoms with van der Waals surface area (Å²) in [6.45, 7) is 0.127. The van der Waals surface area contributed by atoms with Gasteiger partial charge in [0.2, 0.25) is 0 Å². The van der Waals surface area contributed by atoms with E-state index in [1.807, 2.05) is 0 Å². The predicted molar refractivity (Wildman–Crippen MR) is 128 cm³/mol. The second kappa shape index (κ2) is 8.87. The minimum absolute atomic E-state index is 0.127. The summed E-state index contributed by atoms with van der Waals surface area (Å²) in [6, 6.07) is 16.7. The van der Waals surface area contributed by atoms with E-state index in [1.165, 1.54) is 12.0 Å². The molecule has 0 saturated heterocycles. The van der Waals surface area contributed by atoms with E-state index in [9.17, 15) is 14.7 Å². The van der Waals surface area contributed by atoms with E-state index in [4.69, 9.17) is 27.9 Å². The first-order valence-corrected chi connectivity index (χ1v) is 11.2. The molecule has 4 rings (SSSR count). The van der Waals surface area contributed by atoms with E-state index in [2.05, 4.69) is 15.9 Å². The number of rotatable bonds is 6. The molecule has 1 aliphatic rings. The van der Waals surface area contributed by atoms with Gasteiger partial charge in [0.1, 0.15) is 5.75 Å². The van der Waals surface area contributed by atoms with E-state index in [0.29, 0.717) is 42.6 Å². The van der Waals surface area contributed by atoms with Crippen LogP contribution < -0.4 is 9.64 Å². The zero-order valence-corrected chi connectivity index (χ0v) is 20.0. The van der Waals surface area contributed by atoms with Crippen LogP contribution in [-0.4, -0.2) is 23.9 Å². The topological polar surface area (TPSA) is 66.8 Å². The molecule has 5 nitrogen and oxygen atoms in total. The Morgan fingerprint density at radius 2 is 1.81 bits per heavy atom. The second-order valence-electron chi connectivity index (χ2n) is 7.48. The third-order valence-electron chi connectivity index (χ3n) is 5.47. The van der Waals surface area contributed by atoms with Gasteiger partial charge < -0.3 is 14.7 Å². The highest BCUT2D eigenvalue weighted by molar-refractivity contribution is 9.10. The number of hydrogen-bond donors (Lipinski definition) is 1. The standard InChI is InChI=1S/C24H18BrCl2NO4/c1-32-18-7-3-14(4-8-18)22(29)12-24(31)19-10-16(25)5-9-21(19)28(23(24)30)13-15-2-6-17(26)11-20(15)27/h2-11,31H,12-13H2,1H3. The minimum atomic E-state index is -2.00. The summed E-state index contributed by atoms with van der Waals surface area (Å²) in [4.78, 5) is 27.9. The molecular weight excluding hydrogens is 517 g/mol. The number of carbonyl (C=O) groups is 2. The summed E-state index contributed by atoms with van der Waals surface area (Å²) in [7, 11) is 1.53. The van der Waals surface area contributed by atoms with Crippen LogP contribution in [0.4, 0.5) is 5.69 Å². The first-order chi connectivity index (χ1) is 15.2. The molecule has 0 fully saturated rings. The molecule has 1 heterocycles. The molecule has 1 amide bonds.